The highest BCUT2D eigenvalue weighted by molar-refractivity contribution is 5.53. The van der Waals surface area contributed by atoms with Crippen LogP contribution in [0.2, 0.25) is 0 Å². The first-order chi connectivity index (χ1) is 19.7. The van der Waals surface area contributed by atoms with Crippen LogP contribution >= 0.6 is 0 Å². The zero-order valence-corrected chi connectivity index (χ0v) is 25.2. The number of aryl methyl sites for hydroxylation is 1. The molecule has 0 spiro atoms. The number of fused-ring (bicyclic) bond motifs is 1. The molecule has 1 aromatic carbocycles. The molecule has 2 saturated heterocycles. The van der Waals surface area contributed by atoms with E-state index in [0.29, 0.717) is 6.04 Å². The largest absolute Gasteiger partial charge is 0.494 e. The van der Waals surface area contributed by atoms with Crippen LogP contribution in [-0.4, -0.2) is 79.2 Å². The van der Waals surface area contributed by atoms with Gasteiger partial charge in [-0.25, -0.2) is 4.98 Å². The van der Waals surface area contributed by atoms with Crippen LogP contribution in [0, 0.1) is 0 Å². The second-order valence-corrected chi connectivity index (χ2v) is 12.4. The van der Waals surface area contributed by atoms with Gasteiger partial charge in [-0.2, -0.15) is 4.98 Å². The summed E-state index contributed by atoms with van der Waals surface area (Å²) < 4.78 is 5.95. The predicted molar refractivity (Wildman–Crippen MR) is 166 cm³/mol. The zero-order chi connectivity index (χ0) is 27.6. The monoisotopic (exact) mass is 548 g/mol. The Morgan fingerprint density at radius 3 is 2.42 bits per heavy atom. The molecule has 0 radical (unpaired) electrons. The molecule has 2 aliphatic heterocycles. The van der Waals surface area contributed by atoms with Crippen molar-refractivity contribution in [1.82, 2.24) is 19.8 Å². The standard InChI is InChI=1S/C33H52N6O/c1-37(2)20-12-24-40-29-18-16-27(17-19-29)26-39-23-11-8-13-28(39)25-34-33-35-31-15-7-5-6-14-30(31)32(36-33)38-21-9-3-4-10-22-38/h16-19,28H,3-15,20-26H2,1-2H3,(H,34,35,36). The lowest BCUT2D eigenvalue weighted by Crippen LogP contribution is -2.43. The average Bonchev–Trinajstić information content (AvgIpc) is 3.39. The molecule has 0 saturated carbocycles. The van der Waals surface area contributed by atoms with Crippen LogP contribution in [0.3, 0.4) is 0 Å². The van der Waals surface area contributed by atoms with Crippen LogP contribution in [0.25, 0.3) is 0 Å². The van der Waals surface area contributed by atoms with Crippen LogP contribution < -0.4 is 15.0 Å². The van der Waals surface area contributed by atoms with Gasteiger partial charge in [0.05, 0.1) is 12.3 Å². The quantitative estimate of drug-likeness (QED) is 0.276. The fraction of sp³-hybridized carbons (Fsp3) is 0.697. The smallest absolute Gasteiger partial charge is 0.224 e. The van der Waals surface area contributed by atoms with Gasteiger partial charge in [0.1, 0.15) is 11.6 Å². The number of ether oxygens (including phenoxy) is 1. The predicted octanol–water partition coefficient (Wildman–Crippen LogP) is 5.92. The van der Waals surface area contributed by atoms with Gasteiger partial charge in [0, 0.05) is 44.3 Å². The maximum absolute atomic E-state index is 5.95. The third-order valence-corrected chi connectivity index (χ3v) is 8.89. The first-order valence-corrected chi connectivity index (χ1v) is 16.1. The van der Waals surface area contributed by atoms with Crippen molar-refractivity contribution < 1.29 is 4.74 Å². The average molecular weight is 549 g/mol. The molecule has 220 valence electrons. The summed E-state index contributed by atoms with van der Waals surface area (Å²) in [4.78, 5) is 17.7. The number of nitrogens with one attached hydrogen (secondary N) is 1. The lowest BCUT2D eigenvalue weighted by atomic mass is 10.0. The summed E-state index contributed by atoms with van der Waals surface area (Å²) in [6.07, 6.45) is 16.2. The minimum Gasteiger partial charge on any atom is -0.494 e. The Balaban J connectivity index is 1.21. The van der Waals surface area contributed by atoms with Gasteiger partial charge in [-0.3, -0.25) is 4.90 Å². The molecule has 1 aromatic heterocycles. The van der Waals surface area contributed by atoms with Gasteiger partial charge in [-0.1, -0.05) is 37.8 Å². The van der Waals surface area contributed by atoms with Crippen molar-refractivity contribution in [2.75, 3.05) is 63.6 Å². The van der Waals surface area contributed by atoms with Gasteiger partial charge in [0.2, 0.25) is 5.95 Å². The number of piperidine rings is 1. The van der Waals surface area contributed by atoms with Gasteiger partial charge in [0.15, 0.2) is 0 Å². The molecule has 0 amide bonds. The molecule has 7 nitrogen and oxygen atoms in total. The second kappa shape index (κ2) is 15.0. The molecule has 1 N–H and O–H groups in total. The number of hydrogen-bond acceptors (Lipinski definition) is 7. The van der Waals surface area contributed by atoms with Crippen LogP contribution in [-0.2, 0) is 19.4 Å². The van der Waals surface area contributed by atoms with E-state index in [0.717, 1.165) is 76.8 Å². The lowest BCUT2D eigenvalue weighted by molar-refractivity contribution is 0.148. The Bertz CT molecular complexity index is 1030. The van der Waals surface area contributed by atoms with Crippen molar-refractivity contribution in [2.45, 2.75) is 96.1 Å². The first kappa shape index (κ1) is 29.1. The molecule has 3 heterocycles. The summed E-state index contributed by atoms with van der Waals surface area (Å²) in [7, 11) is 4.21. The van der Waals surface area contributed by atoms with Crippen molar-refractivity contribution >= 4 is 11.8 Å². The Morgan fingerprint density at radius 1 is 0.875 bits per heavy atom. The summed E-state index contributed by atoms with van der Waals surface area (Å²) >= 11 is 0. The fourth-order valence-corrected chi connectivity index (χ4v) is 6.58. The van der Waals surface area contributed by atoms with E-state index >= 15 is 0 Å². The number of hydrogen-bond donors (Lipinski definition) is 1. The normalized spacial score (nSPS) is 20.6. The Labute approximate surface area is 242 Å². The molecule has 2 fully saturated rings. The van der Waals surface area contributed by atoms with Crippen LogP contribution in [0.1, 0.15) is 87.4 Å². The van der Waals surface area contributed by atoms with Gasteiger partial charge < -0.3 is 19.9 Å². The zero-order valence-electron chi connectivity index (χ0n) is 25.2. The van der Waals surface area contributed by atoms with Crippen molar-refractivity contribution in [3.05, 3.63) is 41.1 Å². The van der Waals surface area contributed by atoms with Crippen molar-refractivity contribution in [2.24, 2.45) is 0 Å². The first-order valence-electron chi connectivity index (χ1n) is 16.1. The molecular weight excluding hydrogens is 496 g/mol. The number of likely N-dealkylation sites (tertiary alicyclic amines) is 1. The molecule has 3 aliphatic rings. The van der Waals surface area contributed by atoms with E-state index in [1.807, 2.05) is 0 Å². The maximum atomic E-state index is 5.95. The Kier molecular flexibility index (Phi) is 10.9. The molecule has 1 aliphatic carbocycles. The summed E-state index contributed by atoms with van der Waals surface area (Å²) in [5, 5.41) is 3.73. The van der Waals surface area contributed by atoms with E-state index in [-0.39, 0.29) is 0 Å². The van der Waals surface area contributed by atoms with E-state index in [2.05, 4.69) is 58.4 Å². The number of rotatable bonds is 11. The number of benzene rings is 1. The second-order valence-electron chi connectivity index (χ2n) is 12.4. The molecule has 40 heavy (non-hydrogen) atoms. The highest BCUT2D eigenvalue weighted by atomic mass is 16.5. The van der Waals surface area contributed by atoms with E-state index in [4.69, 9.17) is 14.7 Å². The number of aromatic nitrogens is 2. The molecule has 1 atom stereocenters. The highest BCUT2D eigenvalue weighted by Gasteiger charge is 2.25. The maximum Gasteiger partial charge on any atom is 0.224 e. The topological polar surface area (TPSA) is 56.8 Å². The van der Waals surface area contributed by atoms with Crippen LogP contribution in [0.5, 0.6) is 5.75 Å². The van der Waals surface area contributed by atoms with Gasteiger partial charge >= 0.3 is 0 Å². The van der Waals surface area contributed by atoms with Gasteiger partial charge in [-0.05, 0) is 96.1 Å². The summed E-state index contributed by atoms with van der Waals surface area (Å²) in [5.74, 6) is 3.06. The van der Waals surface area contributed by atoms with Crippen molar-refractivity contribution in [3.8, 4) is 5.75 Å². The van der Waals surface area contributed by atoms with E-state index in [1.54, 1.807) is 0 Å². The van der Waals surface area contributed by atoms with Crippen LogP contribution in [0.15, 0.2) is 24.3 Å². The van der Waals surface area contributed by atoms with E-state index < -0.39 is 0 Å². The Hall–Kier alpha value is -2.38. The third kappa shape index (κ3) is 8.32. The van der Waals surface area contributed by atoms with E-state index in [9.17, 15) is 0 Å². The lowest BCUT2D eigenvalue weighted by Gasteiger charge is -2.36. The van der Waals surface area contributed by atoms with E-state index in [1.165, 1.54) is 86.8 Å². The molecule has 7 heteroatoms. The third-order valence-electron chi connectivity index (χ3n) is 8.89. The highest BCUT2D eigenvalue weighted by Crippen LogP contribution is 2.30. The number of nitrogens with zero attached hydrogens (tertiary/aromatic N) is 5. The summed E-state index contributed by atoms with van der Waals surface area (Å²) in [6, 6.07) is 9.25. The SMILES string of the molecule is CN(C)CCCOc1ccc(CN2CCCCC2CNc2nc3c(c(N4CCCCCC4)n2)CCCCC3)cc1. The van der Waals surface area contributed by atoms with Gasteiger partial charge in [0.25, 0.3) is 0 Å². The van der Waals surface area contributed by atoms with Crippen LogP contribution in [0.4, 0.5) is 11.8 Å². The van der Waals surface area contributed by atoms with Gasteiger partial charge in [-0.15, -0.1) is 0 Å². The minimum absolute atomic E-state index is 0.500. The fourth-order valence-electron chi connectivity index (χ4n) is 6.58. The summed E-state index contributed by atoms with van der Waals surface area (Å²) in [6.45, 7) is 7.14. The minimum atomic E-state index is 0.500. The summed E-state index contributed by atoms with van der Waals surface area (Å²) in [5.41, 5.74) is 4.10. The Morgan fingerprint density at radius 2 is 1.62 bits per heavy atom. The van der Waals surface area contributed by atoms with Crippen molar-refractivity contribution in [1.29, 1.82) is 0 Å². The molecule has 2 aromatic rings. The molecular formula is C33H52N6O. The molecule has 5 rings (SSSR count). The molecule has 1 unspecified atom stereocenters. The molecule has 0 bridgehead atoms. The van der Waals surface area contributed by atoms with Crippen molar-refractivity contribution in [3.63, 3.8) is 0 Å². The number of anilines is 2.